The van der Waals surface area contributed by atoms with Crippen molar-refractivity contribution in [1.82, 2.24) is 0 Å². The molecule has 0 fully saturated rings. The van der Waals surface area contributed by atoms with E-state index >= 15 is 0 Å². The van der Waals surface area contributed by atoms with Gasteiger partial charge in [-0.05, 0) is 17.7 Å². The SMILES string of the molecule is O=C(O)CCSCc1cccc(OC(F)(F)F)c1. The van der Waals surface area contributed by atoms with Crippen LogP contribution in [-0.4, -0.2) is 23.2 Å². The first kappa shape index (κ1) is 14.7. The second-order valence-corrected chi connectivity index (χ2v) is 4.50. The fourth-order valence-electron chi connectivity index (χ4n) is 1.18. The number of rotatable bonds is 6. The molecule has 0 bridgehead atoms. The standard InChI is InChI=1S/C11H11F3O3S/c12-11(13,14)17-9-3-1-2-8(6-9)7-18-5-4-10(15)16/h1-3,6H,4-5,7H2,(H,15,16). The predicted molar refractivity (Wildman–Crippen MR) is 61.5 cm³/mol. The van der Waals surface area contributed by atoms with Crippen LogP contribution < -0.4 is 4.74 Å². The van der Waals surface area contributed by atoms with Crippen LogP contribution >= 0.6 is 11.8 Å². The lowest BCUT2D eigenvalue weighted by atomic mass is 10.2. The van der Waals surface area contributed by atoms with Gasteiger partial charge in [-0.2, -0.15) is 11.8 Å². The fraction of sp³-hybridized carbons (Fsp3) is 0.364. The molecule has 3 nitrogen and oxygen atoms in total. The van der Waals surface area contributed by atoms with Crippen molar-refractivity contribution in [3.63, 3.8) is 0 Å². The molecule has 0 saturated heterocycles. The Morgan fingerprint density at radius 2 is 2.11 bits per heavy atom. The third kappa shape index (κ3) is 6.39. The molecule has 0 unspecified atom stereocenters. The van der Waals surface area contributed by atoms with E-state index in [1.54, 1.807) is 6.07 Å². The number of hydrogen-bond donors (Lipinski definition) is 1. The highest BCUT2D eigenvalue weighted by atomic mass is 32.2. The van der Waals surface area contributed by atoms with Crippen molar-refractivity contribution in [2.45, 2.75) is 18.5 Å². The maximum absolute atomic E-state index is 12.0. The highest BCUT2D eigenvalue weighted by Gasteiger charge is 2.31. The van der Waals surface area contributed by atoms with Gasteiger partial charge in [-0.1, -0.05) is 12.1 Å². The van der Waals surface area contributed by atoms with E-state index in [9.17, 15) is 18.0 Å². The largest absolute Gasteiger partial charge is 0.573 e. The molecule has 0 saturated carbocycles. The minimum atomic E-state index is -4.70. The molecule has 0 aliphatic heterocycles. The molecule has 0 spiro atoms. The lowest BCUT2D eigenvalue weighted by Gasteiger charge is -2.09. The number of benzene rings is 1. The summed E-state index contributed by atoms with van der Waals surface area (Å²) in [7, 11) is 0. The van der Waals surface area contributed by atoms with Crippen LogP contribution in [0.3, 0.4) is 0 Å². The van der Waals surface area contributed by atoms with E-state index in [0.29, 0.717) is 17.1 Å². The van der Waals surface area contributed by atoms with Gasteiger partial charge in [-0.3, -0.25) is 4.79 Å². The maximum Gasteiger partial charge on any atom is 0.573 e. The lowest BCUT2D eigenvalue weighted by molar-refractivity contribution is -0.274. The van der Waals surface area contributed by atoms with Crippen molar-refractivity contribution in [2.24, 2.45) is 0 Å². The number of ether oxygens (including phenoxy) is 1. The number of carbonyl (C=O) groups is 1. The summed E-state index contributed by atoms with van der Waals surface area (Å²) in [5.74, 6) is -0.294. The zero-order valence-corrected chi connectivity index (χ0v) is 10.1. The van der Waals surface area contributed by atoms with Gasteiger partial charge in [0, 0.05) is 11.5 Å². The summed E-state index contributed by atoms with van der Waals surface area (Å²) in [6, 6.07) is 5.64. The van der Waals surface area contributed by atoms with Crippen LogP contribution in [0.2, 0.25) is 0 Å². The summed E-state index contributed by atoms with van der Waals surface area (Å²) in [6.45, 7) is 0. The van der Waals surface area contributed by atoms with Crippen LogP contribution in [0.4, 0.5) is 13.2 Å². The first-order valence-corrected chi connectivity index (χ1v) is 6.16. The summed E-state index contributed by atoms with van der Waals surface area (Å²) < 4.78 is 39.7. The van der Waals surface area contributed by atoms with Crippen molar-refractivity contribution in [3.8, 4) is 5.75 Å². The topological polar surface area (TPSA) is 46.5 Å². The van der Waals surface area contributed by atoms with Gasteiger partial charge in [0.1, 0.15) is 5.75 Å². The van der Waals surface area contributed by atoms with Crippen LogP contribution in [0.25, 0.3) is 0 Å². The maximum atomic E-state index is 12.0. The van der Waals surface area contributed by atoms with Crippen LogP contribution in [0.15, 0.2) is 24.3 Å². The average molecular weight is 280 g/mol. The summed E-state index contributed by atoms with van der Waals surface area (Å²) in [5.41, 5.74) is 0.659. The Hall–Kier alpha value is -1.37. The van der Waals surface area contributed by atoms with E-state index in [-0.39, 0.29) is 12.2 Å². The number of carboxylic acids is 1. The Labute approximate surface area is 106 Å². The van der Waals surface area contributed by atoms with Gasteiger partial charge >= 0.3 is 12.3 Å². The highest BCUT2D eigenvalue weighted by molar-refractivity contribution is 7.98. The van der Waals surface area contributed by atoms with Gasteiger partial charge in [-0.25, -0.2) is 0 Å². The zero-order valence-electron chi connectivity index (χ0n) is 9.24. The molecule has 0 atom stereocenters. The quantitative estimate of drug-likeness (QED) is 0.812. The number of thioether (sulfide) groups is 1. The molecule has 0 aliphatic carbocycles. The van der Waals surface area contributed by atoms with Crippen LogP contribution in [-0.2, 0) is 10.5 Å². The highest BCUT2D eigenvalue weighted by Crippen LogP contribution is 2.24. The molecule has 1 N–H and O–H groups in total. The van der Waals surface area contributed by atoms with Crippen molar-refractivity contribution < 1.29 is 27.8 Å². The Balaban J connectivity index is 2.47. The molecule has 0 aromatic heterocycles. The second kappa shape index (κ2) is 6.53. The number of aliphatic carboxylic acids is 1. The van der Waals surface area contributed by atoms with Crippen LogP contribution in [0.1, 0.15) is 12.0 Å². The Bertz CT molecular complexity index is 407. The summed E-state index contributed by atoms with van der Waals surface area (Å²) >= 11 is 1.34. The van der Waals surface area contributed by atoms with E-state index in [4.69, 9.17) is 5.11 Å². The minimum absolute atomic E-state index is 0.0312. The number of halogens is 3. The monoisotopic (exact) mass is 280 g/mol. The van der Waals surface area contributed by atoms with E-state index in [1.807, 2.05) is 0 Å². The fourth-order valence-corrected chi connectivity index (χ4v) is 2.06. The molecule has 18 heavy (non-hydrogen) atoms. The summed E-state index contributed by atoms with van der Waals surface area (Å²) in [5, 5.41) is 8.42. The predicted octanol–water partition coefficient (Wildman–Crippen LogP) is 3.29. The smallest absolute Gasteiger partial charge is 0.481 e. The number of hydrogen-bond acceptors (Lipinski definition) is 3. The molecular formula is C11H11F3O3S. The third-order valence-electron chi connectivity index (χ3n) is 1.86. The van der Waals surface area contributed by atoms with Crippen molar-refractivity contribution in [2.75, 3.05) is 5.75 Å². The van der Waals surface area contributed by atoms with Gasteiger partial charge in [0.15, 0.2) is 0 Å². The summed E-state index contributed by atoms with van der Waals surface area (Å²) in [4.78, 5) is 10.3. The van der Waals surface area contributed by atoms with E-state index < -0.39 is 12.3 Å². The zero-order chi connectivity index (χ0) is 13.6. The van der Waals surface area contributed by atoms with Crippen LogP contribution in [0, 0.1) is 0 Å². The Morgan fingerprint density at radius 1 is 1.39 bits per heavy atom. The second-order valence-electron chi connectivity index (χ2n) is 3.39. The molecule has 1 aromatic rings. The molecule has 0 aliphatic rings. The molecule has 100 valence electrons. The van der Waals surface area contributed by atoms with Gasteiger partial charge in [0.05, 0.1) is 6.42 Å². The normalized spacial score (nSPS) is 11.3. The number of carboxylic acid groups (broad SMARTS) is 1. The van der Waals surface area contributed by atoms with Gasteiger partial charge < -0.3 is 9.84 Å². The van der Waals surface area contributed by atoms with E-state index in [2.05, 4.69) is 4.74 Å². The van der Waals surface area contributed by atoms with Crippen molar-refractivity contribution >= 4 is 17.7 Å². The molecule has 0 heterocycles. The summed E-state index contributed by atoms with van der Waals surface area (Å²) in [6.07, 6.45) is -4.67. The first-order chi connectivity index (χ1) is 8.37. The van der Waals surface area contributed by atoms with Gasteiger partial charge in [-0.15, -0.1) is 13.2 Å². The van der Waals surface area contributed by atoms with E-state index in [0.717, 1.165) is 0 Å². The molecule has 0 amide bonds. The van der Waals surface area contributed by atoms with Crippen LogP contribution in [0.5, 0.6) is 5.75 Å². The van der Waals surface area contributed by atoms with E-state index in [1.165, 1.54) is 30.0 Å². The molecule has 7 heteroatoms. The Kier molecular flexibility index (Phi) is 5.33. The molecule has 1 rings (SSSR count). The Morgan fingerprint density at radius 3 is 2.72 bits per heavy atom. The lowest BCUT2D eigenvalue weighted by Crippen LogP contribution is -2.17. The minimum Gasteiger partial charge on any atom is -0.481 e. The third-order valence-corrected chi connectivity index (χ3v) is 2.89. The van der Waals surface area contributed by atoms with Gasteiger partial charge in [0.2, 0.25) is 0 Å². The average Bonchev–Trinajstić information content (AvgIpc) is 2.22. The number of alkyl halides is 3. The molecule has 1 aromatic carbocycles. The molecular weight excluding hydrogens is 269 g/mol. The molecule has 0 radical (unpaired) electrons. The van der Waals surface area contributed by atoms with Gasteiger partial charge in [0.25, 0.3) is 0 Å². The van der Waals surface area contributed by atoms with Crippen molar-refractivity contribution in [1.29, 1.82) is 0 Å². The van der Waals surface area contributed by atoms with Crippen molar-refractivity contribution in [3.05, 3.63) is 29.8 Å². The first-order valence-electron chi connectivity index (χ1n) is 5.01.